The standard InChI is InChI=1S/C14H11N3O2S/c18-13(19)9-20-14-16-6-7-17(14)12-3-1-2-10-8-15-5-4-11(10)12/h1-8H,9H2,(H,18,19). The predicted octanol–water partition coefficient (Wildman–Crippen LogP) is 2.60. The van der Waals surface area contributed by atoms with Crippen molar-refractivity contribution < 1.29 is 9.90 Å². The van der Waals surface area contributed by atoms with Crippen LogP contribution in [0.25, 0.3) is 16.5 Å². The van der Waals surface area contributed by atoms with Gasteiger partial charge in [-0.05, 0) is 12.1 Å². The molecule has 0 radical (unpaired) electrons. The maximum absolute atomic E-state index is 10.7. The number of fused-ring (bicyclic) bond motifs is 1. The van der Waals surface area contributed by atoms with Crippen molar-refractivity contribution in [3.8, 4) is 5.69 Å². The summed E-state index contributed by atoms with van der Waals surface area (Å²) in [6, 6.07) is 7.86. The number of carbonyl (C=O) groups is 1. The van der Waals surface area contributed by atoms with Crippen LogP contribution in [0.2, 0.25) is 0 Å². The molecule has 0 bridgehead atoms. The molecule has 1 aromatic carbocycles. The second-order valence-corrected chi connectivity index (χ2v) is 5.08. The zero-order chi connectivity index (χ0) is 13.9. The van der Waals surface area contributed by atoms with Crippen molar-refractivity contribution in [2.45, 2.75) is 5.16 Å². The molecular weight excluding hydrogens is 274 g/mol. The van der Waals surface area contributed by atoms with Gasteiger partial charge in [-0.15, -0.1) is 0 Å². The number of nitrogens with zero attached hydrogens (tertiary/aromatic N) is 3. The van der Waals surface area contributed by atoms with Crippen molar-refractivity contribution in [1.82, 2.24) is 14.5 Å². The Balaban J connectivity index is 2.08. The number of imidazole rings is 1. The van der Waals surface area contributed by atoms with E-state index in [0.29, 0.717) is 5.16 Å². The van der Waals surface area contributed by atoms with Crippen LogP contribution in [0, 0.1) is 0 Å². The zero-order valence-electron chi connectivity index (χ0n) is 10.4. The van der Waals surface area contributed by atoms with E-state index in [2.05, 4.69) is 9.97 Å². The third-order valence-corrected chi connectivity index (χ3v) is 3.80. The predicted molar refractivity (Wildman–Crippen MR) is 77.2 cm³/mol. The second-order valence-electron chi connectivity index (χ2n) is 4.14. The van der Waals surface area contributed by atoms with E-state index in [-0.39, 0.29) is 5.75 Å². The highest BCUT2D eigenvalue weighted by Gasteiger charge is 2.10. The van der Waals surface area contributed by atoms with Crippen LogP contribution in [-0.4, -0.2) is 31.4 Å². The van der Waals surface area contributed by atoms with Crippen LogP contribution in [-0.2, 0) is 4.79 Å². The van der Waals surface area contributed by atoms with E-state index in [0.717, 1.165) is 16.5 Å². The first-order chi connectivity index (χ1) is 9.75. The molecule has 2 heterocycles. The molecule has 5 nitrogen and oxygen atoms in total. The summed E-state index contributed by atoms with van der Waals surface area (Å²) in [5, 5.41) is 11.5. The van der Waals surface area contributed by atoms with Crippen LogP contribution in [0.5, 0.6) is 0 Å². The van der Waals surface area contributed by atoms with E-state index in [1.54, 1.807) is 18.6 Å². The number of carboxylic acid groups (broad SMARTS) is 1. The van der Waals surface area contributed by atoms with Crippen molar-refractivity contribution >= 4 is 28.5 Å². The fourth-order valence-electron chi connectivity index (χ4n) is 2.02. The molecule has 3 aromatic rings. The molecule has 0 atom stereocenters. The minimum atomic E-state index is -0.855. The van der Waals surface area contributed by atoms with Gasteiger partial charge in [0.25, 0.3) is 0 Å². The van der Waals surface area contributed by atoms with Gasteiger partial charge in [0.05, 0.1) is 11.4 Å². The Hall–Kier alpha value is -2.34. The summed E-state index contributed by atoms with van der Waals surface area (Å²) < 4.78 is 1.90. The molecule has 2 aromatic heterocycles. The van der Waals surface area contributed by atoms with Crippen LogP contribution in [0.15, 0.2) is 54.2 Å². The van der Waals surface area contributed by atoms with E-state index in [9.17, 15) is 4.79 Å². The first kappa shape index (κ1) is 12.7. The van der Waals surface area contributed by atoms with Crippen molar-refractivity contribution in [2.24, 2.45) is 0 Å². The molecule has 0 amide bonds. The summed E-state index contributed by atoms with van der Waals surface area (Å²) in [5.41, 5.74) is 0.968. The molecule has 0 unspecified atom stereocenters. The molecule has 0 aliphatic rings. The third kappa shape index (κ3) is 2.37. The minimum absolute atomic E-state index is 0.0106. The Kier molecular flexibility index (Phi) is 3.39. The van der Waals surface area contributed by atoms with Crippen molar-refractivity contribution in [3.63, 3.8) is 0 Å². The van der Waals surface area contributed by atoms with Gasteiger partial charge in [0.15, 0.2) is 5.16 Å². The monoisotopic (exact) mass is 285 g/mol. The van der Waals surface area contributed by atoms with Gasteiger partial charge in [-0.25, -0.2) is 4.98 Å². The van der Waals surface area contributed by atoms with Gasteiger partial charge in [0.2, 0.25) is 0 Å². The van der Waals surface area contributed by atoms with Gasteiger partial charge < -0.3 is 5.11 Å². The topological polar surface area (TPSA) is 68.0 Å². The van der Waals surface area contributed by atoms with Gasteiger partial charge in [0, 0.05) is 35.6 Å². The normalized spacial score (nSPS) is 10.8. The highest BCUT2D eigenvalue weighted by Crippen LogP contribution is 2.26. The van der Waals surface area contributed by atoms with Crippen molar-refractivity contribution in [3.05, 3.63) is 49.1 Å². The number of hydrogen-bond acceptors (Lipinski definition) is 4. The largest absolute Gasteiger partial charge is 0.481 e. The molecule has 0 spiro atoms. The van der Waals surface area contributed by atoms with Gasteiger partial charge in [-0.1, -0.05) is 23.9 Å². The molecule has 6 heteroatoms. The van der Waals surface area contributed by atoms with Crippen LogP contribution in [0.1, 0.15) is 0 Å². The molecule has 0 aliphatic carbocycles. The van der Waals surface area contributed by atoms with E-state index >= 15 is 0 Å². The molecule has 3 rings (SSSR count). The summed E-state index contributed by atoms with van der Waals surface area (Å²) in [7, 11) is 0. The Morgan fingerprint density at radius 3 is 3.05 bits per heavy atom. The summed E-state index contributed by atoms with van der Waals surface area (Å²) in [4.78, 5) is 19.0. The summed E-state index contributed by atoms with van der Waals surface area (Å²) in [5.74, 6) is -0.866. The highest BCUT2D eigenvalue weighted by molar-refractivity contribution is 7.99. The molecule has 0 saturated carbocycles. The maximum Gasteiger partial charge on any atom is 0.313 e. The zero-order valence-corrected chi connectivity index (χ0v) is 11.2. The first-order valence-electron chi connectivity index (χ1n) is 5.97. The molecule has 0 fully saturated rings. The minimum Gasteiger partial charge on any atom is -0.481 e. The number of hydrogen-bond donors (Lipinski definition) is 1. The third-order valence-electron chi connectivity index (χ3n) is 2.85. The number of pyridine rings is 1. The highest BCUT2D eigenvalue weighted by atomic mass is 32.2. The van der Waals surface area contributed by atoms with Crippen LogP contribution >= 0.6 is 11.8 Å². The molecule has 0 aliphatic heterocycles. The fourth-order valence-corrected chi connectivity index (χ4v) is 2.71. The average Bonchev–Trinajstić information content (AvgIpc) is 2.92. The maximum atomic E-state index is 10.7. The number of aliphatic carboxylic acids is 1. The number of aromatic nitrogens is 3. The lowest BCUT2D eigenvalue weighted by Crippen LogP contribution is -2.01. The van der Waals surface area contributed by atoms with Crippen LogP contribution < -0.4 is 0 Å². The second kappa shape index (κ2) is 5.34. The lowest BCUT2D eigenvalue weighted by Gasteiger charge is -2.09. The summed E-state index contributed by atoms with van der Waals surface area (Å²) in [6.07, 6.45) is 7.05. The number of thioether (sulfide) groups is 1. The van der Waals surface area contributed by atoms with Gasteiger partial charge in [-0.2, -0.15) is 0 Å². The lowest BCUT2D eigenvalue weighted by atomic mass is 10.1. The quantitative estimate of drug-likeness (QED) is 0.746. The van der Waals surface area contributed by atoms with Crippen molar-refractivity contribution in [1.29, 1.82) is 0 Å². The lowest BCUT2D eigenvalue weighted by molar-refractivity contribution is -0.133. The van der Waals surface area contributed by atoms with Gasteiger partial charge in [0.1, 0.15) is 0 Å². The molecule has 20 heavy (non-hydrogen) atoms. The molecule has 1 N–H and O–H groups in total. The number of carboxylic acids is 1. The Labute approximate surface area is 119 Å². The van der Waals surface area contributed by atoms with Crippen molar-refractivity contribution in [2.75, 3.05) is 5.75 Å². The van der Waals surface area contributed by atoms with Gasteiger partial charge in [-0.3, -0.25) is 14.3 Å². The Bertz CT molecular complexity index is 764. The summed E-state index contributed by atoms with van der Waals surface area (Å²) >= 11 is 1.20. The molecule has 100 valence electrons. The van der Waals surface area contributed by atoms with E-state index in [1.165, 1.54) is 11.8 Å². The van der Waals surface area contributed by atoms with Crippen LogP contribution in [0.3, 0.4) is 0 Å². The molecular formula is C14H11N3O2S. The Morgan fingerprint density at radius 2 is 2.20 bits per heavy atom. The van der Waals surface area contributed by atoms with E-state index < -0.39 is 5.97 Å². The van der Waals surface area contributed by atoms with Gasteiger partial charge >= 0.3 is 5.97 Å². The van der Waals surface area contributed by atoms with Crippen LogP contribution in [0.4, 0.5) is 0 Å². The number of benzene rings is 1. The van der Waals surface area contributed by atoms with E-state index in [1.807, 2.05) is 35.0 Å². The molecule has 0 saturated heterocycles. The summed E-state index contributed by atoms with van der Waals surface area (Å²) in [6.45, 7) is 0. The SMILES string of the molecule is O=C(O)CSc1nccn1-c1cccc2cnccc12. The Morgan fingerprint density at radius 1 is 1.30 bits per heavy atom. The van der Waals surface area contributed by atoms with E-state index in [4.69, 9.17) is 5.11 Å². The average molecular weight is 285 g/mol. The fraction of sp³-hybridized carbons (Fsp3) is 0.0714. The first-order valence-corrected chi connectivity index (χ1v) is 6.95. The smallest absolute Gasteiger partial charge is 0.313 e. The number of rotatable bonds is 4.